The summed E-state index contributed by atoms with van der Waals surface area (Å²) in [4.78, 5) is 38.5. The van der Waals surface area contributed by atoms with Gasteiger partial charge in [-0.05, 0) is 30.3 Å². The van der Waals surface area contributed by atoms with Crippen LogP contribution in [0.15, 0.2) is 54.1 Å². The largest absolute Gasteiger partial charge is 0.481 e. The van der Waals surface area contributed by atoms with Crippen LogP contribution in [0.4, 0.5) is 11.4 Å². The summed E-state index contributed by atoms with van der Waals surface area (Å²) >= 11 is 0. The second-order valence-electron chi connectivity index (χ2n) is 6.46. The van der Waals surface area contributed by atoms with E-state index in [2.05, 4.69) is 10.2 Å². The fourth-order valence-electron chi connectivity index (χ4n) is 2.71. The van der Waals surface area contributed by atoms with E-state index in [1.807, 2.05) is 31.1 Å². The minimum atomic E-state index is -0.538. The van der Waals surface area contributed by atoms with Crippen LogP contribution in [0.25, 0.3) is 6.08 Å². The number of anilines is 2. The number of rotatable bonds is 6. The molecule has 0 radical (unpaired) electrons. The van der Waals surface area contributed by atoms with Gasteiger partial charge in [0.05, 0.1) is 12.8 Å². The zero-order valence-electron chi connectivity index (χ0n) is 16.3. The van der Waals surface area contributed by atoms with Crippen LogP contribution in [-0.4, -0.2) is 45.6 Å². The van der Waals surface area contributed by atoms with E-state index >= 15 is 0 Å². The molecule has 1 aliphatic heterocycles. The second-order valence-corrected chi connectivity index (χ2v) is 6.46. The maximum Gasteiger partial charge on any atom is 0.343 e. The molecule has 0 saturated carbocycles. The lowest BCUT2D eigenvalue weighted by Crippen LogP contribution is -2.35. The van der Waals surface area contributed by atoms with Crippen LogP contribution in [0.3, 0.4) is 0 Å². The number of hydrazine groups is 1. The van der Waals surface area contributed by atoms with E-state index in [9.17, 15) is 14.4 Å². The van der Waals surface area contributed by atoms with Gasteiger partial charge >= 0.3 is 5.97 Å². The highest BCUT2D eigenvalue weighted by atomic mass is 16.6. The zero-order valence-corrected chi connectivity index (χ0v) is 16.3. The maximum absolute atomic E-state index is 12.8. The Morgan fingerprint density at radius 3 is 2.52 bits per heavy atom. The molecule has 8 heteroatoms. The molecular formula is C21H21N3O5. The Bertz CT molecular complexity index is 970. The number of hydrogen-bond donors (Lipinski definition) is 1. The van der Waals surface area contributed by atoms with Gasteiger partial charge in [0.2, 0.25) is 0 Å². The topological polar surface area (TPSA) is 88.2 Å². The summed E-state index contributed by atoms with van der Waals surface area (Å²) in [6.07, 6.45) is 1.45. The molecule has 8 nitrogen and oxygen atoms in total. The number of ether oxygens (including phenoxy) is 2. The highest BCUT2D eigenvalue weighted by Crippen LogP contribution is 2.29. The number of nitrogens with one attached hydrogen (secondary N) is 1. The van der Waals surface area contributed by atoms with Gasteiger partial charge in [0.25, 0.3) is 11.8 Å². The van der Waals surface area contributed by atoms with Crippen molar-refractivity contribution in [3.05, 3.63) is 59.7 Å². The van der Waals surface area contributed by atoms with Gasteiger partial charge < -0.3 is 14.4 Å². The first-order chi connectivity index (χ1) is 13.9. The first-order valence-electron chi connectivity index (χ1n) is 8.84. The standard InChI is InChI=1S/C21H21N3O5/c1-23(2)16-10-9-14(18(12-16)29-13-19(25)28-3)11-17-20(26)22-24(21(17)27)15-7-5-4-6-8-15/h4-12H,13H2,1-3H3,(H,22,26). The average Bonchev–Trinajstić information content (AvgIpc) is 3.01. The number of nitrogens with zero attached hydrogens (tertiary/aromatic N) is 2. The predicted octanol–water partition coefficient (Wildman–Crippen LogP) is 1.77. The lowest BCUT2D eigenvalue weighted by Gasteiger charge is -2.16. The Labute approximate surface area is 168 Å². The molecule has 2 aromatic carbocycles. The summed E-state index contributed by atoms with van der Waals surface area (Å²) < 4.78 is 10.2. The van der Waals surface area contributed by atoms with Crippen LogP contribution in [0, 0.1) is 0 Å². The third-order valence-electron chi connectivity index (χ3n) is 4.29. The fraction of sp³-hybridized carbons (Fsp3) is 0.190. The number of hydrogen-bond acceptors (Lipinski definition) is 6. The lowest BCUT2D eigenvalue weighted by atomic mass is 10.1. The molecule has 29 heavy (non-hydrogen) atoms. The number of benzene rings is 2. The van der Waals surface area contributed by atoms with E-state index in [-0.39, 0.29) is 12.2 Å². The number of carbonyl (C=O) groups is 3. The van der Waals surface area contributed by atoms with E-state index in [1.54, 1.807) is 36.4 Å². The van der Waals surface area contributed by atoms with Gasteiger partial charge in [0, 0.05) is 31.4 Å². The SMILES string of the molecule is COC(=O)COc1cc(N(C)C)ccc1C=C1C(=O)NN(c2ccccc2)C1=O. The van der Waals surface area contributed by atoms with Crippen molar-refractivity contribution >= 4 is 35.2 Å². The molecule has 0 unspecified atom stereocenters. The Kier molecular flexibility index (Phi) is 5.82. The van der Waals surface area contributed by atoms with Crippen molar-refractivity contribution in [1.82, 2.24) is 5.43 Å². The quantitative estimate of drug-likeness (QED) is 0.456. The van der Waals surface area contributed by atoms with E-state index in [1.165, 1.54) is 18.2 Å². The van der Waals surface area contributed by atoms with Crippen molar-refractivity contribution in [3.8, 4) is 5.75 Å². The molecular weight excluding hydrogens is 374 g/mol. The Morgan fingerprint density at radius 2 is 1.86 bits per heavy atom. The first kappa shape index (κ1) is 19.9. The highest BCUT2D eigenvalue weighted by molar-refractivity contribution is 6.31. The summed E-state index contributed by atoms with van der Waals surface area (Å²) in [5.74, 6) is -1.18. The number of amides is 2. The van der Waals surface area contributed by atoms with Gasteiger partial charge in [-0.1, -0.05) is 18.2 Å². The average molecular weight is 395 g/mol. The third kappa shape index (κ3) is 4.37. The van der Waals surface area contributed by atoms with Crippen LogP contribution >= 0.6 is 0 Å². The molecule has 0 spiro atoms. The van der Waals surface area contributed by atoms with Gasteiger partial charge in [-0.2, -0.15) is 0 Å². The molecule has 2 amide bonds. The third-order valence-corrected chi connectivity index (χ3v) is 4.29. The fourth-order valence-corrected chi connectivity index (χ4v) is 2.71. The molecule has 3 rings (SSSR count). The number of esters is 1. The Hall–Kier alpha value is -3.81. The molecule has 2 aromatic rings. The van der Waals surface area contributed by atoms with Crippen LogP contribution in [0.1, 0.15) is 5.56 Å². The summed E-state index contributed by atoms with van der Waals surface area (Å²) in [5.41, 5.74) is 4.40. The highest BCUT2D eigenvalue weighted by Gasteiger charge is 2.34. The van der Waals surface area contributed by atoms with Crippen molar-refractivity contribution in [1.29, 1.82) is 0 Å². The van der Waals surface area contributed by atoms with Gasteiger partial charge in [-0.25, -0.2) is 9.80 Å². The molecule has 0 atom stereocenters. The molecule has 1 N–H and O–H groups in total. The molecule has 150 valence electrons. The summed E-state index contributed by atoms with van der Waals surface area (Å²) in [6.45, 7) is -0.292. The van der Waals surface area contributed by atoms with Crippen LogP contribution in [-0.2, 0) is 19.1 Å². The number of methoxy groups -OCH3 is 1. The molecule has 1 saturated heterocycles. The van der Waals surface area contributed by atoms with Gasteiger partial charge in [-0.15, -0.1) is 0 Å². The summed E-state index contributed by atoms with van der Waals surface area (Å²) in [6, 6.07) is 14.1. The number of carbonyl (C=O) groups excluding carboxylic acids is 3. The normalized spacial score (nSPS) is 14.7. The van der Waals surface area contributed by atoms with E-state index < -0.39 is 17.8 Å². The van der Waals surface area contributed by atoms with Crippen LogP contribution in [0.5, 0.6) is 5.75 Å². The van der Waals surface area contributed by atoms with Crippen molar-refractivity contribution < 1.29 is 23.9 Å². The summed E-state index contributed by atoms with van der Waals surface area (Å²) in [5, 5.41) is 1.19. The second kappa shape index (κ2) is 8.47. The van der Waals surface area contributed by atoms with Crippen molar-refractivity contribution in [2.75, 3.05) is 37.7 Å². The lowest BCUT2D eigenvalue weighted by molar-refractivity contribution is -0.142. The zero-order chi connectivity index (χ0) is 21.0. The molecule has 1 fully saturated rings. The van der Waals surface area contributed by atoms with Crippen molar-refractivity contribution in [2.45, 2.75) is 0 Å². The molecule has 0 bridgehead atoms. The minimum absolute atomic E-state index is 0.0330. The van der Waals surface area contributed by atoms with Crippen LogP contribution < -0.4 is 20.1 Å². The van der Waals surface area contributed by atoms with Crippen LogP contribution in [0.2, 0.25) is 0 Å². The first-order valence-corrected chi connectivity index (χ1v) is 8.84. The van der Waals surface area contributed by atoms with Gasteiger partial charge in [0.1, 0.15) is 11.3 Å². The minimum Gasteiger partial charge on any atom is -0.481 e. The van der Waals surface area contributed by atoms with Gasteiger partial charge in [0.15, 0.2) is 6.61 Å². The molecule has 0 aromatic heterocycles. The monoisotopic (exact) mass is 395 g/mol. The maximum atomic E-state index is 12.8. The van der Waals surface area contributed by atoms with Crippen molar-refractivity contribution in [3.63, 3.8) is 0 Å². The molecule has 1 aliphatic rings. The van der Waals surface area contributed by atoms with Crippen molar-refractivity contribution in [2.24, 2.45) is 0 Å². The van der Waals surface area contributed by atoms with E-state index in [4.69, 9.17) is 4.74 Å². The van der Waals surface area contributed by atoms with E-state index in [0.717, 1.165) is 5.69 Å². The Balaban J connectivity index is 1.94. The smallest absolute Gasteiger partial charge is 0.343 e. The molecule has 1 heterocycles. The summed E-state index contributed by atoms with van der Waals surface area (Å²) in [7, 11) is 5.00. The Morgan fingerprint density at radius 1 is 1.14 bits per heavy atom. The molecule has 0 aliphatic carbocycles. The predicted molar refractivity (Wildman–Crippen MR) is 108 cm³/mol. The van der Waals surface area contributed by atoms with E-state index in [0.29, 0.717) is 17.0 Å². The van der Waals surface area contributed by atoms with Gasteiger partial charge in [-0.3, -0.25) is 15.0 Å². The number of para-hydroxylation sites is 1.